The van der Waals surface area contributed by atoms with Gasteiger partial charge in [-0.1, -0.05) is 24.2 Å². The van der Waals surface area contributed by atoms with Gasteiger partial charge in [-0.3, -0.25) is 9.69 Å². The molecule has 0 radical (unpaired) electrons. The van der Waals surface area contributed by atoms with Crippen LogP contribution in [0.2, 0.25) is 0 Å². The van der Waals surface area contributed by atoms with Crippen LogP contribution in [0.4, 0.5) is 0 Å². The van der Waals surface area contributed by atoms with Gasteiger partial charge < -0.3 is 15.0 Å². The molecule has 0 bridgehead atoms. The summed E-state index contributed by atoms with van der Waals surface area (Å²) in [7, 11) is 0. The zero-order valence-electron chi connectivity index (χ0n) is 21.2. The molecule has 0 aliphatic carbocycles. The fraction of sp³-hybridized carbons (Fsp3) is 0.429. The van der Waals surface area contributed by atoms with Gasteiger partial charge in [-0.2, -0.15) is 10.2 Å². The first-order chi connectivity index (χ1) is 17.4. The molecule has 4 rings (SSSR count). The molecule has 1 aromatic heterocycles. The first-order valence-electron chi connectivity index (χ1n) is 12.6. The predicted octanol–water partition coefficient (Wildman–Crippen LogP) is 4.51. The van der Waals surface area contributed by atoms with Gasteiger partial charge in [-0.25, -0.2) is 0 Å². The van der Waals surface area contributed by atoms with Gasteiger partial charge in [0.1, 0.15) is 11.8 Å². The molecular formula is C28H33N5O3. The molecule has 2 N–H and O–H groups in total. The van der Waals surface area contributed by atoms with Crippen LogP contribution in [0.15, 0.2) is 40.9 Å². The number of amides is 1. The normalized spacial score (nSPS) is 14.6. The summed E-state index contributed by atoms with van der Waals surface area (Å²) in [5.74, 6) is 1.18. The van der Waals surface area contributed by atoms with Crippen molar-refractivity contribution < 1.29 is 14.1 Å². The first-order valence-corrected chi connectivity index (χ1v) is 12.6. The third-order valence-corrected chi connectivity index (χ3v) is 6.65. The van der Waals surface area contributed by atoms with Crippen molar-refractivity contribution in [1.29, 1.82) is 5.26 Å². The number of nitrogens with two attached hydrogens (primary N) is 1. The maximum absolute atomic E-state index is 11.3. The van der Waals surface area contributed by atoms with Crippen LogP contribution in [0, 0.1) is 11.3 Å². The molecule has 1 amide bonds. The van der Waals surface area contributed by atoms with Crippen LogP contribution in [0.3, 0.4) is 0 Å². The Labute approximate surface area is 212 Å². The summed E-state index contributed by atoms with van der Waals surface area (Å²) in [6.45, 7) is 7.91. The minimum Gasteiger partial charge on any atom is -0.490 e. The monoisotopic (exact) mass is 487 g/mol. The third kappa shape index (κ3) is 5.92. The minimum atomic E-state index is -0.237. The van der Waals surface area contributed by atoms with E-state index in [-0.39, 0.29) is 12.0 Å². The van der Waals surface area contributed by atoms with Crippen molar-refractivity contribution in [3.05, 3.63) is 53.1 Å². The second kappa shape index (κ2) is 11.4. The summed E-state index contributed by atoms with van der Waals surface area (Å²) < 4.78 is 11.3. The van der Waals surface area contributed by atoms with Crippen LogP contribution < -0.4 is 10.5 Å². The minimum absolute atomic E-state index is 0.0266. The summed E-state index contributed by atoms with van der Waals surface area (Å²) in [6, 6.07) is 14.2. The smallest absolute Gasteiger partial charge is 0.258 e. The molecule has 2 heterocycles. The van der Waals surface area contributed by atoms with Crippen LogP contribution >= 0.6 is 0 Å². The van der Waals surface area contributed by atoms with Gasteiger partial charge in [-0.05, 0) is 74.9 Å². The van der Waals surface area contributed by atoms with Gasteiger partial charge in [-0.15, -0.1) is 0 Å². The Kier molecular flexibility index (Phi) is 8.01. The zero-order chi connectivity index (χ0) is 25.7. The highest BCUT2D eigenvalue weighted by Crippen LogP contribution is 2.29. The standard InChI is InChI=1S/C28H33N5O3/c1-4-24(8-10-26(30)34)33-13-11-19-5-6-21(15-20(19)12-14-33)27-31-28(36-32-27)22-7-9-25(35-18(2)3)23(16-22)17-29/h5-7,9,15-16,18,24H,4,8,10-14H2,1-3H3,(H2,30,34). The first kappa shape index (κ1) is 25.4. The summed E-state index contributed by atoms with van der Waals surface area (Å²) in [5.41, 5.74) is 9.99. The fourth-order valence-corrected chi connectivity index (χ4v) is 4.77. The van der Waals surface area contributed by atoms with Crippen molar-refractivity contribution in [1.82, 2.24) is 15.0 Å². The van der Waals surface area contributed by atoms with Crippen molar-refractivity contribution in [3.63, 3.8) is 0 Å². The molecule has 1 aliphatic heterocycles. The Hall–Kier alpha value is -3.70. The van der Waals surface area contributed by atoms with Crippen LogP contribution in [-0.2, 0) is 17.6 Å². The highest BCUT2D eigenvalue weighted by atomic mass is 16.5. The summed E-state index contributed by atoms with van der Waals surface area (Å²) in [5, 5.41) is 13.7. The predicted molar refractivity (Wildman–Crippen MR) is 137 cm³/mol. The highest BCUT2D eigenvalue weighted by Gasteiger charge is 2.22. The fourth-order valence-electron chi connectivity index (χ4n) is 4.77. The van der Waals surface area contributed by atoms with E-state index in [1.807, 2.05) is 26.0 Å². The molecule has 36 heavy (non-hydrogen) atoms. The summed E-state index contributed by atoms with van der Waals surface area (Å²) >= 11 is 0. The largest absolute Gasteiger partial charge is 0.490 e. The number of carbonyl (C=O) groups excluding carboxylic acids is 1. The van der Waals surface area contributed by atoms with E-state index in [2.05, 4.69) is 40.2 Å². The average Bonchev–Trinajstić information content (AvgIpc) is 3.26. The molecule has 0 saturated carbocycles. The number of aromatic nitrogens is 2. The molecule has 1 unspecified atom stereocenters. The molecule has 0 fully saturated rings. The lowest BCUT2D eigenvalue weighted by molar-refractivity contribution is -0.118. The highest BCUT2D eigenvalue weighted by molar-refractivity contribution is 5.73. The number of hydrogen-bond donors (Lipinski definition) is 1. The van der Waals surface area contributed by atoms with E-state index in [9.17, 15) is 10.1 Å². The van der Waals surface area contributed by atoms with E-state index in [1.165, 1.54) is 11.1 Å². The van der Waals surface area contributed by atoms with E-state index in [4.69, 9.17) is 15.0 Å². The molecule has 0 spiro atoms. The summed E-state index contributed by atoms with van der Waals surface area (Å²) in [6.07, 6.45) is 4.08. The number of primary amides is 1. The molecular weight excluding hydrogens is 454 g/mol. The number of fused-ring (bicyclic) bond motifs is 1. The maximum Gasteiger partial charge on any atom is 0.258 e. The maximum atomic E-state index is 11.3. The number of carbonyl (C=O) groups is 1. The van der Waals surface area contributed by atoms with Gasteiger partial charge in [0.25, 0.3) is 5.89 Å². The molecule has 188 valence electrons. The van der Waals surface area contributed by atoms with Gasteiger partial charge in [0.2, 0.25) is 11.7 Å². The van der Waals surface area contributed by atoms with E-state index >= 15 is 0 Å². The van der Waals surface area contributed by atoms with E-state index in [0.29, 0.717) is 41.1 Å². The lowest BCUT2D eigenvalue weighted by Gasteiger charge is -2.29. The summed E-state index contributed by atoms with van der Waals surface area (Å²) in [4.78, 5) is 18.3. The van der Waals surface area contributed by atoms with Gasteiger partial charge in [0, 0.05) is 36.7 Å². The van der Waals surface area contributed by atoms with Gasteiger partial charge in [0.15, 0.2) is 0 Å². The Morgan fingerprint density at radius 1 is 1.17 bits per heavy atom. The van der Waals surface area contributed by atoms with Crippen molar-refractivity contribution in [2.45, 2.75) is 65.0 Å². The molecule has 0 saturated heterocycles. The Morgan fingerprint density at radius 2 is 1.92 bits per heavy atom. The van der Waals surface area contributed by atoms with Crippen LogP contribution in [0.1, 0.15) is 56.7 Å². The number of hydrogen-bond acceptors (Lipinski definition) is 7. The number of nitrogens with zero attached hydrogens (tertiary/aromatic N) is 4. The zero-order valence-corrected chi connectivity index (χ0v) is 21.2. The topological polar surface area (TPSA) is 118 Å². The molecule has 8 nitrogen and oxygen atoms in total. The van der Waals surface area contributed by atoms with Crippen LogP contribution in [-0.4, -0.2) is 46.2 Å². The second-order valence-corrected chi connectivity index (χ2v) is 9.50. The van der Waals surface area contributed by atoms with Crippen molar-refractivity contribution in [2.75, 3.05) is 13.1 Å². The number of nitriles is 1. The van der Waals surface area contributed by atoms with Crippen molar-refractivity contribution in [3.8, 4) is 34.7 Å². The molecule has 1 atom stereocenters. The van der Waals surface area contributed by atoms with Gasteiger partial charge >= 0.3 is 0 Å². The lowest BCUT2D eigenvalue weighted by Crippen LogP contribution is -2.37. The Morgan fingerprint density at radius 3 is 2.61 bits per heavy atom. The van der Waals surface area contributed by atoms with Gasteiger partial charge in [0.05, 0.1) is 11.7 Å². The van der Waals surface area contributed by atoms with E-state index < -0.39 is 0 Å². The Bertz CT molecular complexity index is 1260. The second-order valence-electron chi connectivity index (χ2n) is 9.50. The lowest BCUT2D eigenvalue weighted by atomic mass is 10.00. The van der Waals surface area contributed by atoms with Crippen LogP contribution in [0.25, 0.3) is 22.8 Å². The average molecular weight is 488 g/mol. The van der Waals surface area contributed by atoms with Crippen LogP contribution in [0.5, 0.6) is 5.75 Å². The van der Waals surface area contributed by atoms with Crippen molar-refractivity contribution in [2.24, 2.45) is 5.73 Å². The SMILES string of the molecule is CCC(CCC(N)=O)N1CCc2ccc(-c3noc(-c4ccc(OC(C)C)c(C#N)c4)n3)cc2CC1. The van der Waals surface area contributed by atoms with E-state index in [0.717, 1.165) is 44.3 Å². The molecule has 8 heteroatoms. The van der Waals surface area contributed by atoms with E-state index in [1.54, 1.807) is 12.1 Å². The quantitative estimate of drug-likeness (QED) is 0.472. The number of benzene rings is 2. The number of rotatable bonds is 9. The van der Waals surface area contributed by atoms with Crippen molar-refractivity contribution >= 4 is 5.91 Å². The molecule has 3 aromatic rings. The Balaban J connectivity index is 1.50. The molecule has 1 aliphatic rings. The number of ether oxygens (including phenoxy) is 1. The third-order valence-electron chi connectivity index (χ3n) is 6.65. The molecule has 2 aromatic carbocycles.